The van der Waals surface area contributed by atoms with Crippen LogP contribution in [0.15, 0.2) is 59.5 Å². The Morgan fingerprint density at radius 1 is 1.00 bits per heavy atom. The van der Waals surface area contributed by atoms with E-state index in [4.69, 9.17) is 0 Å². The average Bonchev–Trinajstić information content (AvgIpc) is 2.46. The van der Waals surface area contributed by atoms with Crippen molar-refractivity contribution < 1.29 is 13.2 Å². The van der Waals surface area contributed by atoms with Crippen LogP contribution in [0.5, 0.6) is 0 Å². The zero-order valence-electron chi connectivity index (χ0n) is 10.8. The number of rotatable bonds is 4. The van der Waals surface area contributed by atoms with Crippen molar-refractivity contribution in [2.45, 2.75) is 9.72 Å². The first-order valence-electron chi connectivity index (χ1n) is 5.93. The summed E-state index contributed by atoms with van der Waals surface area (Å²) in [7, 11) is -3.24. The van der Waals surface area contributed by atoms with Crippen LogP contribution in [0.3, 0.4) is 0 Å². The van der Waals surface area contributed by atoms with E-state index in [1.54, 1.807) is 0 Å². The van der Waals surface area contributed by atoms with Crippen LogP contribution in [-0.4, -0.2) is 20.5 Å². The first kappa shape index (κ1) is 14.9. The second-order valence-electron chi connectivity index (χ2n) is 4.43. The molecule has 104 valence electrons. The third-order valence-electron chi connectivity index (χ3n) is 2.89. The molecule has 5 heteroatoms. The molecule has 0 aliphatic carbocycles. The van der Waals surface area contributed by atoms with Crippen LogP contribution in [-0.2, 0) is 9.84 Å². The second kappa shape index (κ2) is 5.89. The van der Waals surface area contributed by atoms with Gasteiger partial charge in [0, 0.05) is 11.8 Å². The molecule has 3 nitrogen and oxygen atoms in total. The molecule has 2 rings (SSSR count). The fraction of sp³-hybridized carbons (Fsp3) is 0.133. The lowest BCUT2D eigenvalue weighted by atomic mass is 10.0. The third kappa shape index (κ3) is 3.35. The summed E-state index contributed by atoms with van der Waals surface area (Å²) in [6.07, 6.45) is 1.14. The van der Waals surface area contributed by atoms with Gasteiger partial charge in [0.1, 0.15) is 4.83 Å². The quantitative estimate of drug-likeness (QED) is 0.625. The smallest absolute Gasteiger partial charge is 0.180 e. The van der Waals surface area contributed by atoms with Crippen LogP contribution in [0.25, 0.3) is 0 Å². The highest BCUT2D eigenvalue weighted by molar-refractivity contribution is 9.09. The normalized spacial score (nSPS) is 12.9. The van der Waals surface area contributed by atoms with Gasteiger partial charge in [0.2, 0.25) is 0 Å². The van der Waals surface area contributed by atoms with Crippen LogP contribution in [0, 0.1) is 0 Å². The van der Waals surface area contributed by atoms with Gasteiger partial charge in [-0.3, -0.25) is 4.79 Å². The van der Waals surface area contributed by atoms with Gasteiger partial charge in [-0.1, -0.05) is 58.4 Å². The van der Waals surface area contributed by atoms with Crippen molar-refractivity contribution in [3.05, 3.63) is 65.7 Å². The zero-order chi connectivity index (χ0) is 14.8. The first-order valence-corrected chi connectivity index (χ1v) is 8.73. The third-order valence-corrected chi connectivity index (χ3v) is 4.96. The maximum absolute atomic E-state index is 12.3. The summed E-state index contributed by atoms with van der Waals surface area (Å²) in [5.41, 5.74) is 1.34. The number of sulfone groups is 1. The van der Waals surface area contributed by atoms with Gasteiger partial charge in [0.25, 0.3) is 0 Å². The van der Waals surface area contributed by atoms with Gasteiger partial charge in [-0.2, -0.15) is 0 Å². The standard InChI is InChI=1S/C15H13BrO3S/c1-20(18,19)13-9-7-12(8-10-13)15(17)14(16)11-5-3-2-4-6-11/h2-10,14H,1H3. The molecule has 2 aromatic carbocycles. The predicted molar refractivity (Wildman–Crippen MR) is 82.0 cm³/mol. The summed E-state index contributed by atoms with van der Waals surface area (Å²) >= 11 is 3.38. The van der Waals surface area contributed by atoms with Crippen molar-refractivity contribution in [2.75, 3.05) is 6.26 Å². The average molecular weight is 353 g/mol. The van der Waals surface area contributed by atoms with E-state index in [1.807, 2.05) is 30.3 Å². The van der Waals surface area contributed by atoms with E-state index < -0.39 is 14.7 Å². The summed E-state index contributed by atoms with van der Waals surface area (Å²) in [6, 6.07) is 15.3. The minimum absolute atomic E-state index is 0.101. The predicted octanol–water partition coefficient (Wildman–Crippen LogP) is 3.41. The molecule has 0 amide bonds. The van der Waals surface area contributed by atoms with Gasteiger partial charge in [-0.15, -0.1) is 0 Å². The van der Waals surface area contributed by atoms with E-state index in [0.717, 1.165) is 11.8 Å². The molecule has 0 radical (unpaired) electrons. The van der Waals surface area contributed by atoms with Gasteiger partial charge in [-0.25, -0.2) is 8.42 Å². The topological polar surface area (TPSA) is 51.2 Å². The Morgan fingerprint density at radius 2 is 1.55 bits per heavy atom. The number of Topliss-reactive ketones (excluding diaryl/α,β-unsaturated/α-hetero) is 1. The van der Waals surface area contributed by atoms with E-state index >= 15 is 0 Å². The summed E-state index contributed by atoms with van der Waals surface area (Å²) in [6.45, 7) is 0. The molecule has 1 unspecified atom stereocenters. The second-order valence-corrected chi connectivity index (χ2v) is 7.37. The molecule has 0 aromatic heterocycles. The van der Waals surface area contributed by atoms with Crippen molar-refractivity contribution >= 4 is 31.6 Å². The minimum atomic E-state index is -3.24. The minimum Gasteiger partial charge on any atom is -0.293 e. The number of halogens is 1. The van der Waals surface area contributed by atoms with Crippen LogP contribution in [0.2, 0.25) is 0 Å². The molecular weight excluding hydrogens is 340 g/mol. The maximum Gasteiger partial charge on any atom is 0.180 e. The van der Waals surface area contributed by atoms with Crippen LogP contribution in [0.4, 0.5) is 0 Å². The Bertz CT molecular complexity index is 707. The molecule has 0 aliphatic heterocycles. The highest BCUT2D eigenvalue weighted by Gasteiger charge is 2.19. The van der Waals surface area contributed by atoms with Crippen molar-refractivity contribution in [1.82, 2.24) is 0 Å². The lowest BCUT2D eigenvalue weighted by Gasteiger charge is -2.09. The summed E-state index contributed by atoms with van der Waals surface area (Å²) in [5, 5.41) is 0. The lowest BCUT2D eigenvalue weighted by molar-refractivity contribution is 0.0991. The molecule has 1 atom stereocenters. The zero-order valence-corrected chi connectivity index (χ0v) is 13.2. The molecule has 0 aliphatic rings. The first-order chi connectivity index (χ1) is 9.39. The van der Waals surface area contributed by atoms with Crippen molar-refractivity contribution in [3.63, 3.8) is 0 Å². The molecule has 20 heavy (non-hydrogen) atoms. The number of benzene rings is 2. The summed E-state index contributed by atoms with van der Waals surface area (Å²) < 4.78 is 22.8. The Morgan fingerprint density at radius 3 is 2.05 bits per heavy atom. The van der Waals surface area contributed by atoms with Crippen molar-refractivity contribution in [2.24, 2.45) is 0 Å². The Labute approximate surface area is 126 Å². The van der Waals surface area contributed by atoms with Gasteiger partial charge < -0.3 is 0 Å². The Balaban J connectivity index is 2.26. The van der Waals surface area contributed by atoms with Crippen molar-refractivity contribution in [1.29, 1.82) is 0 Å². The largest absolute Gasteiger partial charge is 0.293 e. The molecule has 0 spiro atoms. The van der Waals surface area contributed by atoms with Gasteiger partial charge >= 0.3 is 0 Å². The van der Waals surface area contributed by atoms with Crippen LogP contribution < -0.4 is 0 Å². The van der Waals surface area contributed by atoms with Gasteiger partial charge in [0.15, 0.2) is 15.6 Å². The Kier molecular flexibility index (Phi) is 4.40. The van der Waals surface area contributed by atoms with E-state index in [0.29, 0.717) is 5.56 Å². The fourth-order valence-electron chi connectivity index (χ4n) is 1.79. The number of hydrogen-bond acceptors (Lipinski definition) is 3. The van der Waals surface area contributed by atoms with Crippen LogP contribution in [0.1, 0.15) is 20.7 Å². The monoisotopic (exact) mass is 352 g/mol. The molecule has 0 bridgehead atoms. The number of carbonyl (C=O) groups excluding carboxylic acids is 1. The van der Waals surface area contributed by atoms with E-state index in [9.17, 15) is 13.2 Å². The summed E-state index contributed by atoms with van der Waals surface area (Å²) in [5.74, 6) is -0.101. The highest BCUT2D eigenvalue weighted by Crippen LogP contribution is 2.27. The van der Waals surface area contributed by atoms with Gasteiger partial charge in [-0.05, 0) is 17.7 Å². The fourth-order valence-corrected chi connectivity index (χ4v) is 2.99. The highest BCUT2D eigenvalue weighted by atomic mass is 79.9. The summed E-state index contributed by atoms with van der Waals surface area (Å²) in [4.78, 5) is 12.1. The molecule has 0 heterocycles. The number of carbonyl (C=O) groups is 1. The lowest BCUT2D eigenvalue weighted by Crippen LogP contribution is -2.07. The molecule has 0 saturated carbocycles. The number of alkyl halides is 1. The number of ketones is 1. The number of hydrogen-bond donors (Lipinski definition) is 0. The molecule has 2 aromatic rings. The van der Waals surface area contributed by atoms with E-state index in [-0.39, 0.29) is 10.7 Å². The Hall–Kier alpha value is -1.46. The molecular formula is C15H13BrO3S. The van der Waals surface area contributed by atoms with Crippen LogP contribution >= 0.6 is 15.9 Å². The van der Waals surface area contributed by atoms with E-state index in [1.165, 1.54) is 24.3 Å². The van der Waals surface area contributed by atoms with Gasteiger partial charge in [0.05, 0.1) is 4.90 Å². The SMILES string of the molecule is CS(=O)(=O)c1ccc(C(=O)C(Br)c2ccccc2)cc1. The molecule has 0 N–H and O–H groups in total. The maximum atomic E-state index is 12.3. The molecule has 0 saturated heterocycles. The van der Waals surface area contributed by atoms with Crippen molar-refractivity contribution in [3.8, 4) is 0 Å². The molecule has 0 fully saturated rings. The van der Waals surface area contributed by atoms with E-state index in [2.05, 4.69) is 15.9 Å².